The number of benzene rings is 4. The second-order valence-electron chi connectivity index (χ2n) is 12.4. The molecule has 0 amide bonds. The standard InChI is InChI=1S/C33H30BNO2/c1-31(2)23-14-9-12-20-19-11-7-8-16-26(19)35-29-21(22-17-18-24(31)28(27(20)23)30(22)35)13-10-15-25(29)34-36-32(3,4)33(5,6)37-34/h7-18H,1-6H3. The van der Waals surface area contributed by atoms with Gasteiger partial charge >= 0.3 is 7.12 Å². The zero-order chi connectivity index (χ0) is 25.5. The van der Waals surface area contributed by atoms with Gasteiger partial charge in [0.2, 0.25) is 0 Å². The largest absolute Gasteiger partial charge is 0.497 e. The van der Waals surface area contributed by atoms with Crippen LogP contribution in [0.15, 0.2) is 72.8 Å². The van der Waals surface area contributed by atoms with Crippen molar-refractivity contribution in [3.63, 3.8) is 0 Å². The molecular formula is C33H30BNO2. The molecule has 0 atom stereocenters. The summed E-state index contributed by atoms with van der Waals surface area (Å²) in [5.41, 5.74) is 12.0. The fourth-order valence-electron chi connectivity index (χ4n) is 6.96. The summed E-state index contributed by atoms with van der Waals surface area (Å²) in [5, 5.41) is 2.52. The van der Waals surface area contributed by atoms with Crippen molar-refractivity contribution < 1.29 is 9.31 Å². The van der Waals surface area contributed by atoms with Gasteiger partial charge in [-0.2, -0.15) is 0 Å². The Hall–Kier alpha value is -3.34. The zero-order valence-electron chi connectivity index (χ0n) is 22.3. The van der Waals surface area contributed by atoms with Crippen molar-refractivity contribution >= 4 is 34.4 Å². The molecule has 3 aliphatic rings. The van der Waals surface area contributed by atoms with E-state index >= 15 is 0 Å². The molecule has 5 aromatic rings. The van der Waals surface area contributed by atoms with E-state index < -0.39 is 18.3 Å². The van der Waals surface area contributed by atoms with Gasteiger partial charge in [-0.05, 0) is 56.0 Å². The molecule has 1 aromatic heterocycles. The smallest absolute Gasteiger partial charge is 0.399 e. The Morgan fingerprint density at radius 2 is 1.24 bits per heavy atom. The number of hydrogen-bond donors (Lipinski definition) is 0. The van der Waals surface area contributed by atoms with Gasteiger partial charge in [0, 0.05) is 32.8 Å². The van der Waals surface area contributed by atoms with Crippen molar-refractivity contribution in [2.45, 2.75) is 58.2 Å². The second-order valence-corrected chi connectivity index (χ2v) is 12.4. The molecule has 182 valence electrons. The summed E-state index contributed by atoms with van der Waals surface area (Å²) in [6.45, 7) is 13.2. The number of fused-ring (bicyclic) bond motifs is 6. The van der Waals surface area contributed by atoms with Crippen molar-refractivity contribution in [3.8, 4) is 27.9 Å². The molecule has 1 aliphatic carbocycles. The van der Waals surface area contributed by atoms with Gasteiger partial charge in [-0.1, -0.05) is 80.6 Å². The van der Waals surface area contributed by atoms with Crippen molar-refractivity contribution in [2.75, 3.05) is 0 Å². The van der Waals surface area contributed by atoms with Crippen molar-refractivity contribution in [3.05, 3.63) is 83.9 Å². The van der Waals surface area contributed by atoms with Gasteiger partial charge < -0.3 is 13.9 Å². The van der Waals surface area contributed by atoms with E-state index in [2.05, 4.69) is 119 Å². The van der Waals surface area contributed by atoms with E-state index in [-0.39, 0.29) is 5.41 Å². The average Bonchev–Trinajstić information content (AvgIpc) is 3.37. The number of aromatic nitrogens is 1. The highest BCUT2D eigenvalue weighted by atomic mass is 16.7. The van der Waals surface area contributed by atoms with Crippen LogP contribution in [0.2, 0.25) is 0 Å². The van der Waals surface area contributed by atoms with Gasteiger partial charge in [-0.3, -0.25) is 0 Å². The molecule has 4 aromatic carbocycles. The first kappa shape index (κ1) is 21.7. The lowest BCUT2D eigenvalue weighted by molar-refractivity contribution is 0.00578. The van der Waals surface area contributed by atoms with Crippen molar-refractivity contribution in [1.82, 2.24) is 4.57 Å². The third-order valence-electron chi connectivity index (χ3n) is 9.59. The van der Waals surface area contributed by atoms with E-state index in [9.17, 15) is 0 Å². The van der Waals surface area contributed by atoms with Crippen LogP contribution in [0.3, 0.4) is 0 Å². The quantitative estimate of drug-likeness (QED) is 0.228. The molecule has 4 heteroatoms. The number of nitrogens with zero attached hydrogens (tertiary/aromatic N) is 1. The minimum absolute atomic E-state index is 0.0585. The van der Waals surface area contributed by atoms with Crippen LogP contribution >= 0.6 is 0 Å². The monoisotopic (exact) mass is 483 g/mol. The topological polar surface area (TPSA) is 23.4 Å². The highest BCUT2D eigenvalue weighted by molar-refractivity contribution is 6.65. The molecule has 0 spiro atoms. The molecular weight excluding hydrogens is 453 g/mol. The fourth-order valence-corrected chi connectivity index (χ4v) is 6.96. The van der Waals surface area contributed by atoms with Crippen LogP contribution in [0, 0.1) is 0 Å². The molecule has 0 unspecified atom stereocenters. The molecule has 2 aliphatic heterocycles. The van der Waals surface area contributed by atoms with Crippen LogP contribution in [0.1, 0.15) is 52.7 Å². The zero-order valence-corrected chi connectivity index (χ0v) is 22.3. The minimum atomic E-state index is -0.438. The highest BCUT2D eigenvalue weighted by Crippen LogP contribution is 2.57. The lowest BCUT2D eigenvalue weighted by Gasteiger charge is -2.32. The molecule has 3 heterocycles. The second kappa shape index (κ2) is 6.56. The summed E-state index contributed by atoms with van der Waals surface area (Å²) < 4.78 is 15.7. The van der Waals surface area contributed by atoms with Gasteiger partial charge in [0.05, 0.1) is 27.9 Å². The van der Waals surface area contributed by atoms with Crippen molar-refractivity contribution in [1.29, 1.82) is 0 Å². The number of rotatable bonds is 1. The van der Waals surface area contributed by atoms with Gasteiger partial charge in [0.15, 0.2) is 0 Å². The van der Waals surface area contributed by atoms with E-state index in [4.69, 9.17) is 9.31 Å². The molecule has 37 heavy (non-hydrogen) atoms. The van der Waals surface area contributed by atoms with Crippen LogP contribution < -0.4 is 5.46 Å². The first-order valence-electron chi connectivity index (χ1n) is 13.3. The molecule has 1 saturated heterocycles. The maximum atomic E-state index is 6.61. The molecule has 1 fully saturated rings. The Morgan fingerprint density at radius 3 is 2.03 bits per heavy atom. The van der Waals surface area contributed by atoms with E-state index in [0.717, 1.165) is 5.46 Å². The van der Waals surface area contributed by atoms with Gasteiger partial charge in [-0.25, -0.2) is 0 Å². The average molecular weight is 483 g/mol. The lowest BCUT2D eigenvalue weighted by atomic mass is 9.77. The Bertz CT molecular complexity index is 1810. The Balaban J connectivity index is 1.58. The summed E-state index contributed by atoms with van der Waals surface area (Å²) in [7, 11) is -0.438. The normalized spacial score (nSPS) is 19.5. The van der Waals surface area contributed by atoms with E-state index in [1.165, 1.54) is 60.9 Å². The van der Waals surface area contributed by atoms with Crippen molar-refractivity contribution in [2.24, 2.45) is 0 Å². The third-order valence-corrected chi connectivity index (χ3v) is 9.59. The predicted molar refractivity (Wildman–Crippen MR) is 153 cm³/mol. The maximum Gasteiger partial charge on any atom is 0.497 e. The predicted octanol–water partition coefficient (Wildman–Crippen LogP) is 7.37. The van der Waals surface area contributed by atoms with Crippen LogP contribution in [-0.4, -0.2) is 22.9 Å². The van der Waals surface area contributed by atoms with Gasteiger partial charge in [0.25, 0.3) is 0 Å². The summed E-state index contributed by atoms with van der Waals surface area (Å²) in [5.74, 6) is 0. The fraction of sp³-hybridized carbons (Fsp3) is 0.273. The maximum absolute atomic E-state index is 6.61. The minimum Gasteiger partial charge on any atom is -0.399 e. The lowest BCUT2D eigenvalue weighted by Crippen LogP contribution is -2.41. The number of para-hydroxylation sites is 2. The van der Waals surface area contributed by atoms with E-state index in [1.807, 2.05) is 0 Å². The summed E-state index contributed by atoms with van der Waals surface area (Å²) in [6, 6.07) is 27.0. The first-order chi connectivity index (χ1) is 17.6. The van der Waals surface area contributed by atoms with Crippen LogP contribution in [0.5, 0.6) is 0 Å². The van der Waals surface area contributed by atoms with Gasteiger partial charge in [-0.15, -0.1) is 0 Å². The first-order valence-corrected chi connectivity index (χ1v) is 13.3. The summed E-state index contributed by atoms with van der Waals surface area (Å²) in [6.07, 6.45) is 0. The van der Waals surface area contributed by atoms with Crippen LogP contribution in [0.25, 0.3) is 49.7 Å². The highest BCUT2D eigenvalue weighted by Gasteiger charge is 2.52. The van der Waals surface area contributed by atoms with E-state index in [0.29, 0.717) is 0 Å². The molecule has 3 nitrogen and oxygen atoms in total. The molecule has 0 radical (unpaired) electrons. The molecule has 0 saturated carbocycles. The molecule has 0 N–H and O–H groups in total. The molecule has 0 bridgehead atoms. The molecule has 8 rings (SSSR count). The third kappa shape index (κ3) is 2.46. The summed E-state index contributed by atoms with van der Waals surface area (Å²) in [4.78, 5) is 0. The van der Waals surface area contributed by atoms with Crippen LogP contribution in [-0.2, 0) is 14.7 Å². The Kier molecular flexibility index (Phi) is 3.85. The Morgan fingerprint density at radius 1 is 0.595 bits per heavy atom. The summed E-state index contributed by atoms with van der Waals surface area (Å²) >= 11 is 0. The SMILES string of the molecule is CC1(C)c2cccc3c2-c2c1ccc1c4cccc(B5OC(C)(C)C(C)(C)O5)c4n(c21)-c1ccccc1-3. The Labute approximate surface area is 218 Å². The van der Waals surface area contributed by atoms with Gasteiger partial charge in [0.1, 0.15) is 0 Å². The van der Waals surface area contributed by atoms with E-state index in [1.54, 1.807) is 0 Å². The van der Waals surface area contributed by atoms with Crippen LogP contribution in [0.4, 0.5) is 0 Å². The number of hydrogen-bond acceptors (Lipinski definition) is 2.